The van der Waals surface area contributed by atoms with Gasteiger partial charge in [0.2, 0.25) is 5.91 Å². The SMILES string of the molecule is CN(C(=O)c1cccc(C(F)(F)F)c1)c1cccc(C=CC(=O)Nc2ccccc2-c2nncs2)c1. The number of hydrogen-bond donors (Lipinski definition) is 1. The van der Waals surface area contributed by atoms with Gasteiger partial charge < -0.3 is 10.2 Å². The number of anilines is 2. The van der Waals surface area contributed by atoms with Crippen molar-refractivity contribution in [2.75, 3.05) is 17.3 Å². The third-order valence-electron chi connectivity index (χ3n) is 5.20. The van der Waals surface area contributed by atoms with Gasteiger partial charge >= 0.3 is 6.18 Å². The van der Waals surface area contributed by atoms with E-state index in [2.05, 4.69) is 15.5 Å². The Morgan fingerprint density at radius 1 is 1.00 bits per heavy atom. The molecular formula is C26H19F3N4O2S. The summed E-state index contributed by atoms with van der Waals surface area (Å²) in [5.74, 6) is -0.959. The van der Waals surface area contributed by atoms with E-state index in [0.717, 1.165) is 17.7 Å². The maximum Gasteiger partial charge on any atom is 0.416 e. The molecule has 0 aliphatic rings. The van der Waals surface area contributed by atoms with Crippen molar-refractivity contribution in [3.63, 3.8) is 0 Å². The highest BCUT2D eigenvalue weighted by molar-refractivity contribution is 7.12. The van der Waals surface area contributed by atoms with Crippen LogP contribution in [-0.4, -0.2) is 29.1 Å². The molecule has 1 aromatic heterocycles. The summed E-state index contributed by atoms with van der Waals surface area (Å²) < 4.78 is 39.1. The van der Waals surface area contributed by atoms with Crippen molar-refractivity contribution in [3.05, 3.63) is 101 Å². The van der Waals surface area contributed by atoms with E-state index in [1.807, 2.05) is 12.1 Å². The second-order valence-electron chi connectivity index (χ2n) is 7.65. The van der Waals surface area contributed by atoms with Crippen LogP contribution in [0.4, 0.5) is 24.5 Å². The quantitative estimate of drug-likeness (QED) is 0.317. The van der Waals surface area contributed by atoms with Crippen molar-refractivity contribution in [2.45, 2.75) is 6.18 Å². The van der Waals surface area contributed by atoms with Crippen LogP contribution in [0.2, 0.25) is 0 Å². The smallest absolute Gasteiger partial charge is 0.322 e. The summed E-state index contributed by atoms with van der Waals surface area (Å²) in [6.07, 6.45) is -1.61. The molecule has 0 atom stereocenters. The number of halogens is 3. The molecule has 182 valence electrons. The Labute approximate surface area is 208 Å². The van der Waals surface area contributed by atoms with Gasteiger partial charge in [-0.25, -0.2) is 0 Å². The fourth-order valence-electron chi connectivity index (χ4n) is 3.39. The number of aromatic nitrogens is 2. The molecule has 0 radical (unpaired) electrons. The maximum absolute atomic E-state index is 13.0. The fourth-order valence-corrected chi connectivity index (χ4v) is 3.99. The summed E-state index contributed by atoms with van der Waals surface area (Å²) in [7, 11) is 1.47. The van der Waals surface area contributed by atoms with E-state index in [4.69, 9.17) is 0 Å². The molecule has 0 spiro atoms. The average Bonchev–Trinajstić information content (AvgIpc) is 3.41. The molecule has 0 aliphatic carbocycles. The van der Waals surface area contributed by atoms with E-state index in [1.165, 1.54) is 41.5 Å². The van der Waals surface area contributed by atoms with Gasteiger partial charge in [0.15, 0.2) is 0 Å². The minimum absolute atomic E-state index is 0.0817. The number of benzene rings is 3. The average molecular weight is 509 g/mol. The van der Waals surface area contributed by atoms with Crippen LogP contribution >= 0.6 is 11.3 Å². The van der Waals surface area contributed by atoms with Gasteiger partial charge in [0, 0.05) is 29.9 Å². The number of nitrogens with one attached hydrogen (secondary N) is 1. The van der Waals surface area contributed by atoms with Gasteiger partial charge in [-0.05, 0) is 54.1 Å². The third-order valence-corrected chi connectivity index (χ3v) is 5.93. The highest BCUT2D eigenvalue weighted by Crippen LogP contribution is 2.30. The lowest BCUT2D eigenvalue weighted by Crippen LogP contribution is -2.26. The van der Waals surface area contributed by atoms with Crippen molar-refractivity contribution in [1.82, 2.24) is 10.2 Å². The molecule has 3 aromatic carbocycles. The molecule has 1 heterocycles. The number of carbonyl (C=O) groups is 2. The predicted octanol–water partition coefficient (Wildman–Crippen LogP) is 6.15. The Hall–Kier alpha value is -4.31. The number of carbonyl (C=O) groups excluding carboxylic acids is 2. The first-order valence-electron chi connectivity index (χ1n) is 10.6. The lowest BCUT2D eigenvalue weighted by atomic mass is 10.1. The molecule has 0 fully saturated rings. The van der Waals surface area contributed by atoms with E-state index in [1.54, 1.807) is 48.0 Å². The van der Waals surface area contributed by atoms with Gasteiger partial charge in [0.1, 0.15) is 10.5 Å². The molecule has 0 saturated heterocycles. The van der Waals surface area contributed by atoms with Crippen LogP contribution in [0, 0.1) is 0 Å². The van der Waals surface area contributed by atoms with Crippen LogP contribution < -0.4 is 10.2 Å². The topological polar surface area (TPSA) is 75.2 Å². The summed E-state index contributed by atoms with van der Waals surface area (Å²) in [5.41, 5.74) is 3.06. The summed E-state index contributed by atoms with van der Waals surface area (Å²) in [6, 6.07) is 18.2. The molecular weight excluding hydrogens is 489 g/mol. The van der Waals surface area contributed by atoms with Gasteiger partial charge in [0.05, 0.1) is 11.3 Å². The molecule has 10 heteroatoms. The van der Waals surface area contributed by atoms with Crippen molar-refractivity contribution in [2.24, 2.45) is 0 Å². The molecule has 0 bridgehead atoms. The van der Waals surface area contributed by atoms with Crippen LogP contribution in [0.25, 0.3) is 16.6 Å². The monoisotopic (exact) mass is 508 g/mol. The second kappa shape index (κ2) is 10.5. The van der Waals surface area contributed by atoms with Crippen LogP contribution in [0.5, 0.6) is 0 Å². The number of nitrogens with zero attached hydrogens (tertiary/aromatic N) is 3. The van der Waals surface area contributed by atoms with Gasteiger partial charge in [-0.2, -0.15) is 13.2 Å². The Bertz CT molecular complexity index is 1420. The van der Waals surface area contributed by atoms with Crippen LogP contribution in [0.1, 0.15) is 21.5 Å². The summed E-state index contributed by atoms with van der Waals surface area (Å²) >= 11 is 1.35. The summed E-state index contributed by atoms with van der Waals surface area (Å²) in [4.78, 5) is 26.6. The maximum atomic E-state index is 13.0. The molecule has 2 amide bonds. The number of para-hydroxylation sites is 1. The molecule has 6 nitrogen and oxygen atoms in total. The molecule has 1 N–H and O–H groups in total. The van der Waals surface area contributed by atoms with Crippen molar-refractivity contribution in [1.29, 1.82) is 0 Å². The summed E-state index contributed by atoms with van der Waals surface area (Å²) in [6.45, 7) is 0. The molecule has 0 unspecified atom stereocenters. The molecule has 4 rings (SSSR count). The van der Waals surface area contributed by atoms with E-state index >= 15 is 0 Å². The number of amides is 2. The van der Waals surface area contributed by atoms with Crippen LogP contribution in [0.15, 0.2) is 84.4 Å². The zero-order valence-electron chi connectivity index (χ0n) is 18.9. The number of rotatable bonds is 6. The highest BCUT2D eigenvalue weighted by Gasteiger charge is 2.31. The van der Waals surface area contributed by atoms with Crippen LogP contribution in [-0.2, 0) is 11.0 Å². The van der Waals surface area contributed by atoms with Gasteiger partial charge in [-0.15, -0.1) is 10.2 Å². The van der Waals surface area contributed by atoms with Crippen LogP contribution in [0.3, 0.4) is 0 Å². The Morgan fingerprint density at radius 3 is 2.53 bits per heavy atom. The lowest BCUT2D eigenvalue weighted by Gasteiger charge is -2.18. The highest BCUT2D eigenvalue weighted by atomic mass is 32.1. The van der Waals surface area contributed by atoms with E-state index in [-0.39, 0.29) is 11.5 Å². The first-order chi connectivity index (χ1) is 17.2. The van der Waals surface area contributed by atoms with E-state index < -0.39 is 17.6 Å². The number of alkyl halides is 3. The second-order valence-corrected chi connectivity index (χ2v) is 8.48. The predicted molar refractivity (Wildman–Crippen MR) is 134 cm³/mol. The van der Waals surface area contributed by atoms with Crippen molar-refractivity contribution in [3.8, 4) is 10.6 Å². The molecule has 4 aromatic rings. The Kier molecular flexibility index (Phi) is 7.25. The summed E-state index contributed by atoms with van der Waals surface area (Å²) in [5, 5.41) is 11.4. The van der Waals surface area contributed by atoms with Gasteiger partial charge in [-0.1, -0.05) is 41.7 Å². The minimum Gasteiger partial charge on any atom is -0.322 e. The van der Waals surface area contributed by atoms with Crippen molar-refractivity contribution >= 4 is 40.6 Å². The first-order valence-corrected chi connectivity index (χ1v) is 11.5. The molecule has 0 aliphatic heterocycles. The lowest BCUT2D eigenvalue weighted by molar-refractivity contribution is -0.137. The Balaban J connectivity index is 1.47. The van der Waals surface area contributed by atoms with Gasteiger partial charge in [-0.3, -0.25) is 9.59 Å². The van der Waals surface area contributed by atoms with Gasteiger partial charge in [0.25, 0.3) is 5.91 Å². The zero-order valence-corrected chi connectivity index (χ0v) is 19.7. The third kappa shape index (κ3) is 5.84. The minimum atomic E-state index is -4.54. The number of hydrogen-bond acceptors (Lipinski definition) is 5. The van der Waals surface area contributed by atoms with E-state index in [0.29, 0.717) is 21.9 Å². The first kappa shape index (κ1) is 24.8. The molecule has 0 saturated carbocycles. The largest absolute Gasteiger partial charge is 0.416 e. The van der Waals surface area contributed by atoms with E-state index in [9.17, 15) is 22.8 Å². The normalized spacial score (nSPS) is 11.4. The molecule has 36 heavy (non-hydrogen) atoms. The zero-order chi connectivity index (χ0) is 25.7. The standard InChI is InChI=1S/C26H19F3N4O2S/c1-33(25(35)18-7-5-8-19(15-18)26(27,28)29)20-9-4-6-17(14-20)12-13-23(34)31-22-11-3-2-10-21(22)24-32-30-16-36-24/h2-16H,1H3,(H,31,34). The Morgan fingerprint density at radius 2 is 1.78 bits per heavy atom. The fraction of sp³-hybridized carbons (Fsp3) is 0.0769. The van der Waals surface area contributed by atoms with Crippen molar-refractivity contribution < 1.29 is 22.8 Å².